The highest BCUT2D eigenvalue weighted by atomic mass is 127. The molecule has 7 nitrogen and oxygen atoms in total. The fourth-order valence-electron chi connectivity index (χ4n) is 3.28. The first-order valence-electron chi connectivity index (χ1n) is 10.1. The van der Waals surface area contributed by atoms with E-state index in [0.29, 0.717) is 19.1 Å². The summed E-state index contributed by atoms with van der Waals surface area (Å²) in [6.07, 6.45) is 0. The van der Waals surface area contributed by atoms with Crippen molar-refractivity contribution in [3.8, 4) is 0 Å². The molecular weight excluding hydrogens is 517 g/mol. The highest BCUT2D eigenvalue weighted by Gasteiger charge is 2.32. The van der Waals surface area contributed by atoms with Crippen molar-refractivity contribution in [2.75, 3.05) is 53.4 Å². The quantitative estimate of drug-likeness (QED) is 0.310. The van der Waals surface area contributed by atoms with Crippen molar-refractivity contribution in [2.24, 2.45) is 4.99 Å². The number of benzene rings is 1. The van der Waals surface area contributed by atoms with Crippen molar-refractivity contribution in [3.05, 3.63) is 34.9 Å². The van der Waals surface area contributed by atoms with Crippen LogP contribution in [0.3, 0.4) is 0 Å². The van der Waals surface area contributed by atoms with Gasteiger partial charge in [-0.25, -0.2) is 4.99 Å². The van der Waals surface area contributed by atoms with Crippen LogP contribution in [0, 0.1) is 0 Å². The van der Waals surface area contributed by atoms with E-state index >= 15 is 0 Å². The van der Waals surface area contributed by atoms with Gasteiger partial charge in [-0.05, 0) is 38.5 Å². The molecule has 2 N–H and O–H groups in total. The van der Waals surface area contributed by atoms with Gasteiger partial charge in [0, 0.05) is 45.3 Å². The van der Waals surface area contributed by atoms with Gasteiger partial charge in [0.2, 0.25) is 5.91 Å². The third-order valence-electron chi connectivity index (χ3n) is 4.83. The third kappa shape index (κ3) is 8.56. The number of carbonyl (C=O) groups is 1. The number of nitrogens with one attached hydrogen (secondary N) is 2. The Hall–Kier alpha value is -1.10. The lowest BCUT2D eigenvalue weighted by Crippen LogP contribution is -2.52. The van der Waals surface area contributed by atoms with Crippen molar-refractivity contribution in [2.45, 2.75) is 32.4 Å². The first-order valence-corrected chi connectivity index (χ1v) is 10.5. The summed E-state index contributed by atoms with van der Waals surface area (Å²) >= 11 is 6.10. The topological polar surface area (TPSA) is 69.2 Å². The van der Waals surface area contributed by atoms with E-state index in [1.165, 1.54) is 5.56 Å². The Labute approximate surface area is 202 Å². The van der Waals surface area contributed by atoms with Crippen molar-refractivity contribution in [1.29, 1.82) is 0 Å². The number of likely N-dealkylation sites (N-methyl/N-ethyl adjacent to an activating group) is 1. The molecule has 1 fully saturated rings. The number of guanidine groups is 1. The van der Waals surface area contributed by atoms with E-state index < -0.39 is 0 Å². The molecule has 0 bridgehead atoms. The minimum Gasteiger partial charge on any atom is -0.373 e. The number of rotatable bonds is 7. The summed E-state index contributed by atoms with van der Waals surface area (Å²) in [7, 11) is 3.46. The second-order valence-corrected chi connectivity index (χ2v) is 8.45. The molecule has 0 spiro atoms. The molecule has 1 atom stereocenters. The summed E-state index contributed by atoms with van der Waals surface area (Å²) in [5, 5.41) is 7.34. The fraction of sp³-hybridized carbons (Fsp3) is 0.619. The van der Waals surface area contributed by atoms with E-state index in [1.807, 2.05) is 19.1 Å². The zero-order valence-electron chi connectivity index (χ0n) is 18.6. The number of morpholine rings is 1. The molecular formula is C21H35ClIN5O2. The highest BCUT2D eigenvalue weighted by Crippen LogP contribution is 2.27. The van der Waals surface area contributed by atoms with Gasteiger partial charge in [0.1, 0.15) is 6.54 Å². The Bertz CT molecular complexity index is 697. The van der Waals surface area contributed by atoms with Crippen LogP contribution in [0.1, 0.15) is 32.4 Å². The van der Waals surface area contributed by atoms with Crippen molar-refractivity contribution in [1.82, 2.24) is 20.4 Å². The summed E-state index contributed by atoms with van der Waals surface area (Å²) in [5.41, 5.74) is 0.986. The lowest BCUT2D eigenvalue weighted by molar-refractivity contribution is -0.127. The van der Waals surface area contributed by atoms with E-state index in [-0.39, 0.29) is 48.1 Å². The zero-order chi connectivity index (χ0) is 21.4. The molecule has 9 heteroatoms. The van der Waals surface area contributed by atoms with E-state index in [2.05, 4.69) is 46.5 Å². The maximum atomic E-state index is 11.9. The first kappa shape index (κ1) is 26.9. The smallest absolute Gasteiger partial charge is 0.243 e. The summed E-state index contributed by atoms with van der Waals surface area (Å²) < 4.78 is 5.89. The standard InChI is InChI=1S/C21H34ClN5O2.HI/c1-6-23-20(25-14-19(28)26(4)5)24-13-18(16-7-9-17(22)10-8-16)27-11-12-29-21(2,3)15-27;/h7-10,18H,6,11-15H2,1-5H3,(H2,23,24,25);1H. The molecule has 1 aliphatic rings. The molecule has 0 radical (unpaired) electrons. The predicted molar refractivity (Wildman–Crippen MR) is 134 cm³/mol. The molecule has 170 valence electrons. The number of aliphatic imine (C=N–C) groups is 1. The van der Waals surface area contributed by atoms with Crippen LogP contribution in [-0.4, -0.2) is 80.7 Å². The lowest BCUT2D eigenvalue weighted by Gasteiger charge is -2.42. The van der Waals surface area contributed by atoms with Gasteiger partial charge in [0.05, 0.1) is 18.2 Å². The van der Waals surface area contributed by atoms with Gasteiger partial charge in [-0.15, -0.1) is 24.0 Å². The van der Waals surface area contributed by atoms with Crippen LogP contribution in [0.4, 0.5) is 0 Å². The number of halogens is 2. The SMILES string of the molecule is CCNC(=NCC(=O)N(C)C)NCC(c1ccc(Cl)cc1)N1CCOC(C)(C)C1.I. The average Bonchev–Trinajstić information content (AvgIpc) is 2.66. The van der Waals surface area contributed by atoms with Gasteiger partial charge < -0.3 is 20.3 Å². The Kier molecular flexibility index (Phi) is 11.4. The van der Waals surface area contributed by atoms with Gasteiger partial charge >= 0.3 is 0 Å². The highest BCUT2D eigenvalue weighted by molar-refractivity contribution is 14.0. The van der Waals surface area contributed by atoms with Crippen LogP contribution in [0.25, 0.3) is 0 Å². The van der Waals surface area contributed by atoms with Gasteiger partial charge in [-0.1, -0.05) is 23.7 Å². The Morgan fingerprint density at radius 1 is 1.30 bits per heavy atom. The van der Waals surface area contributed by atoms with Gasteiger partial charge in [0.25, 0.3) is 0 Å². The minimum atomic E-state index is -0.195. The molecule has 1 heterocycles. The minimum absolute atomic E-state index is 0. The van der Waals surface area contributed by atoms with Crippen LogP contribution in [-0.2, 0) is 9.53 Å². The van der Waals surface area contributed by atoms with Crippen LogP contribution >= 0.6 is 35.6 Å². The zero-order valence-corrected chi connectivity index (χ0v) is 21.7. The van der Waals surface area contributed by atoms with E-state index in [9.17, 15) is 4.79 Å². The van der Waals surface area contributed by atoms with Crippen LogP contribution in [0.5, 0.6) is 0 Å². The maximum Gasteiger partial charge on any atom is 0.243 e. The van der Waals surface area contributed by atoms with Crippen LogP contribution in [0.15, 0.2) is 29.3 Å². The maximum absolute atomic E-state index is 11.9. The molecule has 0 aliphatic carbocycles. The van der Waals surface area contributed by atoms with Gasteiger partial charge in [-0.2, -0.15) is 0 Å². The number of amides is 1. The summed E-state index contributed by atoms with van der Waals surface area (Å²) in [4.78, 5) is 20.3. The summed E-state index contributed by atoms with van der Waals surface area (Å²) in [6.45, 7) is 10.1. The van der Waals surface area contributed by atoms with Gasteiger partial charge in [-0.3, -0.25) is 9.69 Å². The summed E-state index contributed by atoms with van der Waals surface area (Å²) in [6, 6.07) is 8.10. The first-order chi connectivity index (χ1) is 13.7. The molecule has 2 rings (SSSR count). The molecule has 1 aliphatic heterocycles. The van der Waals surface area contributed by atoms with Crippen LogP contribution < -0.4 is 10.6 Å². The Morgan fingerprint density at radius 2 is 1.97 bits per heavy atom. The number of hydrogen-bond acceptors (Lipinski definition) is 4. The third-order valence-corrected chi connectivity index (χ3v) is 5.08. The van der Waals surface area contributed by atoms with E-state index in [4.69, 9.17) is 16.3 Å². The Balaban J connectivity index is 0.00000450. The molecule has 1 amide bonds. The Morgan fingerprint density at radius 3 is 2.53 bits per heavy atom. The number of hydrogen-bond donors (Lipinski definition) is 2. The van der Waals surface area contributed by atoms with Crippen molar-refractivity contribution in [3.63, 3.8) is 0 Å². The molecule has 1 unspecified atom stereocenters. The van der Waals surface area contributed by atoms with Crippen molar-refractivity contribution < 1.29 is 9.53 Å². The predicted octanol–water partition coefficient (Wildman–Crippen LogP) is 2.75. The number of carbonyl (C=O) groups excluding carboxylic acids is 1. The molecule has 0 saturated carbocycles. The lowest BCUT2D eigenvalue weighted by atomic mass is 10.0. The molecule has 1 saturated heterocycles. The van der Waals surface area contributed by atoms with Crippen molar-refractivity contribution >= 4 is 47.4 Å². The molecule has 0 aromatic heterocycles. The average molecular weight is 552 g/mol. The monoisotopic (exact) mass is 551 g/mol. The number of ether oxygens (including phenoxy) is 1. The number of nitrogens with zero attached hydrogens (tertiary/aromatic N) is 3. The summed E-state index contributed by atoms with van der Waals surface area (Å²) in [5.74, 6) is 0.598. The molecule has 30 heavy (non-hydrogen) atoms. The molecule has 1 aromatic carbocycles. The second kappa shape index (κ2) is 12.7. The fourth-order valence-corrected chi connectivity index (χ4v) is 3.41. The van der Waals surface area contributed by atoms with E-state index in [1.54, 1.807) is 19.0 Å². The van der Waals surface area contributed by atoms with E-state index in [0.717, 1.165) is 24.7 Å². The largest absolute Gasteiger partial charge is 0.373 e. The van der Waals surface area contributed by atoms with Gasteiger partial charge in [0.15, 0.2) is 5.96 Å². The second-order valence-electron chi connectivity index (χ2n) is 8.01. The normalized spacial score (nSPS) is 17.6. The van der Waals surface area contributed by atoms with Crippen LogP contribution in [0.2, 0.25) is 5.02 Å². The molecule has 1 aromatic rings.